The molecule has 0 radical (unpaired) electrons. The quantitative estimate of drug-likeness (QED) is 0.470. The first-order valence-electron chi connectivity index (χ1n) is 9.99. The lowest BCUT2D eigenvalue weighted by molar-refractivity contribution is -0.147. The molecule has 6 heteroatoms. The standard InChI is InChI=1S/C23H29FN2O3/c1-3-29-23(28)21(11-7-8-14-25)26-22(27)16(2)18-12-13-19(20(24)15-18)17-9-5-4-6-10-17/h4-6,9-10,12-13,15-16,21H,3,7-8,11,14,25H2,1-2H3,(H,26,27)/t16?,21-/m0/s1. The Hall–Kier alpha value is -2.73. The first kappa shape index (κ1) is 22.6. The maximum Gasteiger partial charge on any atom is 0.328 e. The van der Waals surface area contributed by atoms with Gasteiger partial charge in [-0.25, -0.2) is 9.18 Å². The highest BCUT2D eigenvalue weighted by molar-refractivity contribution is 5.88. The monoisotopic (exact) mass is 400 g/mol. The molecule has 0 aliphatic heterocycles. The molecule has 0 aromatic heterocycles. The highest BCUT2D eigenvalue weighted by Crippen LogP contribution is 2.26. The van der Waals surface area contributed by atoms with Crippen LogP contribution in [-0.4, -0.2) is 31.1 Å². The summed E-state index contributed by atoms with van der Waals surface area (Å²) in [4.78, 5) is 24.9. The minimum absolute atomic E-state index is 0.240. The molecule has 2 atom stereocenters. The second kappa shape index (κ2) is 11.3. The van der Waals surface area contributed by atoms with Crippen molar-refractivity contribution in [3.63, 3.8) is 0 Å². The SMILES string of the molecule is CCOC(=O)[C@H](CCCCN)NC(=O)C(C)c1ccc(-c2ccccc2)c(F)c1. The summed E-state index contributed by atoms with van der Waals surface area (Å²) in [6, 6.07) is 13.3. The van der Waals surface area contributed by atoms with Gasteiger partial charge in [-0.2, -0.15) is 0 Å². The molecule has 2 aromatic rings. The number of rotatable bonds is 10. The van der Waals surface area contributed by atoms with Gasteiger partial charge in [0.05, 0.1) is 12.5 Å². The van der Waals surface area contributed by atoms with Crippen molar-refractivity contribution >= 4 is 11.9 Å². The van der Waals surface area contributed by atoms with Crippen molar-refractivity contribution in [3.05, 3.63) is 59.9 Å². The van der Waals surface area contributed by atoms with Crippen LogP contribution in [0.15, 0.2) is 48.5 Å². The molecule has 156 valence electrons. The number of halogens is 1. The Morgan fingerprint density at radius 3 is 2.48 bits per heavy atom. The number of nitrogens with one attached hydrogen (secondary N) is 1. The smallest absolute Gasteiger partial charge is 0.328 e. The lowest BCUT2D eigenvalue weighted by Gasteiger charge is -2.20. The van der Waals surface area contributed by atoms with Crippen LogP contribution in [0.3, 0.4) is 0 Å². The van der Waals surface area contributed by atoms with Gasteiger partial charge in [-0.05, 0) is 56.8 Å². The molecule has 0 bridgehead atoms. The maximum atomic E-state index is 14.6. The third-order valence-electron chi connectivity index (χ3n) is 4.81. The van der Waals surface area contributed by atoms with E-state index in [2.05, 4.69) is 5.32 Å². The van der Waals surface area contributed by atoms with E-state index in [4.69, 9.17) is 10.5 Å². The summed E-state index contributed by atoms with van der Waals surface area (Å²) in [7, 11) is 0. The fourth-order valence-corrected chi connectivity index (χ4v) is 3.09. The van der Waals surface area contributed by atoms with Gasteiger partial charge >= 0.3 is 5.97 Å². The van der Waals surface area contributed by atoms with Gasteiger partial charge in [0.25, 0.3) is 0 Å². The van der Waals surface area contributed by atoms with Crippen molar-refractivity contribution in [1.82, 2.24) is 5.32 Å². The molecule has 0 saturated carbocycles. The molecule has 1 unspecified atom stereocenters. The molecular weight excluding hydrogens is 371 g/mol. The summed E-state index contributed by atoms with van der Waals surface area (Å²) in [6.07, 6.45) is 1.92. The van der Waals surface area contributed by atoms with Gasteiger partial charge in [-0.1, -0.05) is 42.5 Å². The van der Waals surface area contributed by atoms with Crippen LogP contribution in [0.5, 0.6) is 0 Å². The van der Waals surface area contributed by atoms with Crippen molar-refractivity contribution in [3.8, 4) is 11.1 Å². The van der Waals surface area contributed by atoms with Gasteiger partial charge in [0.1, 0.15) is 11.9 Å². The lowest BCUT2D eigenvalue weighted by Crippen LogP contribution is -2.43. The third-order valence-corrected chi connectivity index (χ3v) is 4.81. The number of nitrogens with two attached hydrogens (primary N) is 1. The minimum Gasteiger partial charge on any atom is -0.464 e. The van der Waals surface area contributed by atoms with Crippen LogP contribution in [0, 0.1) is 5.82 Å². The number of unbranched alkanes of at least 4 members (excludes halogenated alkanes) is 1. The Balaban J connectivity index is 2.11. The summed E-state index contributed by atoms with van der Waals surface area (Å²) < 4.78 is 19.7. The molecule has 0 saturated heterocycles. The zero-order valence-electron chi connectivity index (χ0n) is 17.0. The van der Waals surface area contributed by atoms with Crippen molar-refractivity contribution in [1.29, 1.82) is 0 Å². The number of esters is 1. The van der Waals surface area contributed by atoms with Gasteiger partial charge in [0.15, 0.2) is 0 Å². The molecule has 0 aliphatic carbocycles. The van der Waals surface area contributed by atoms with Crippen molar-refractivity contribution < 1.29 is 18.7 Å². The second-order valence-corrected chi connectivity index (χ2v) is 6.92. The van der Waals surface area contributed by atoms with Gasteiger partial charge in [0, 0.05) is 5.56 Å². The first-order chi connectivity index (χ1) is 14.0. The number of hydrogen-bond donors (Lipinski definition) is 2. The molecular formula is C23H29FN2O3. The minimum atomic E-state index is -0.732. The Labute approximate surface area is 171 Å². The summed E-state index contributed by atoms with van der Waals surface area (Å²) in [6.45, 7) is 4.17. The van der Waals surface area contributed by atoms with E-state index < -0.39 is 23.7 Å². The predicted molar refractivity (Wildman–Crippen MR) is 112 cm³/mol. The normalized spacial score (nSPS) is 12.8. The fourth-order valence-electron chi connectivity index (χ4n) is 3.09. The van der Waals surface area contributed by atoms with E-state index in [0.717, 1.165) is 12.0 Å². The van der Waals surface area contributed by atoms with E-state index in [9.17, 15) is 14.0 Å². The highest BCUT2D eigenvalue weighted by Gasteiger charge is 2.25. The van der Waals surface area contributed by atoms with Crippen molar-refractivity contribution in [2.75, 3.05) is 13.2 Å². The van der Waals surface area contributed by atoms with E-state index in [1.807, 2.05) is 30.3 Å². The van der Waals surface area contributed by atoms with Gasteiger partial charge < -0.3 is 15.8 Å². The van der Waals surface area contributed by atoms with Gasteiger partial charge in [0.2, 0.25) is 5.91 Å². The first-order valence-corrected chi connectivity index (χ1v) is 9.99. The number of amides is 1. The Bertz CT molecular complexity index is 811. The van der Waals surface area contributed by atoms with Gasteiger partial charge in [-0.3, -0.25) is 4.79 Å². The van der Waals surface area contributed by atoms with E-state index in [1.54, 1.807) is 26.0 Å². The predicted octanol–water partition coefficient (Wildman–Crippen LogP) is 3.77. The number of carbonyl (C=O) groups excluding carboxylic acids is 2. The molecule has 29 heavy (non-hydrogen) atoms. The molecule has 0 fully saturated rings. The maximum absolute atomic E-state index is 14.6. The van der Waals surface area contributed by atoms with Crippen LogP contribution < -0.4 is 11.1 Å². The fraction of sp³-hybridized carbons (Fsp3) is 0.391. The average molecular weight is 400 g/mol. The van der Waals surface area contributed by atoms with E-state index in [-0.39, 0.29) is 12.5 Å². The van der Waals surface area contributed by atoms with Crippen LogP contribution >= 0.6 is 0 Å². The zero-order valence-corrected chi connectivity index (χ0v) is 17.0. The summed E-state index contributed by atoms with van der Waals surface area (Å²) in [5.41, 5.74) is 7.30. The lowest BCUT2D eigenvalue weighted by atomic mass is 9.96. The largest absolute Gasteiger partial charge is 0.464 e. The van der Waals surface area contributed by atoms with Crippen LogP contribution in [0.1, 0.15) is 44.6 Å². The molecule has 3 N–H and O–H groups in total. The molecule has 0 heterocycles. The average Bonchev–Trinajstić information content (AvgIpc) is 2.73. The Morgan fingerprint density at radius 2 is 1.86 bits per heavy atom. The second-order valence-electron chi connectivity index (χ2n) is 6.92. The highest BCUT2D eigenvalue weighted by atomic mass is 19.1. The van der Waals surface area contributed by atoms with Crippen LogP contribution in [-0.2, 0) is 14.3 Å². The molecule has 5 nitrogen and oxygen atoms in total. The number of benzene rings is 2. The van der Waals surface area contributed by atoms with Crippen LogP contribution in [0.2, 0.25) is 0 Å². The summed E-state index contributed by atoms with van der Waals surface area (Å²) >= 11 is 0. The number of carbonyl (C=O) groups is 2. The van der Waals surface area contributed by atoms with E-state index >= 15 is 0 Å². The Morgan fingerprint density at radius 1 is 1.14 bits per heavy atom. The summed E-state index contributed by atoms with van der Waals surface area (Å²) in [5.74, 6) is -1.81. The molecule has 2 rings (SSSR count). The van der Waals surface area contributed by atoms with Gasteiger partial charge in [-0.15, -0.1) is 0 Å². The van der Waals surface area contributed by atoms with Crippen molar-refractivity contribution in [2.24, 2.45) is 5.73 Å². The number of ether oxygens (including phenoxy) is 1. The van der Waals surface area contributed by atoms with Crippen molar-refractivity contribution in [2.45, 2.75) is 45.1 Å². The topological polar surface area (TPSA) is 81.4 Å². The molecule has 1 amide bonds. The van der Waals surface area contributed by atoms with Crippen LogP contribution in [0.25, 0.3) is 11.1 Å². The zero-order chi connectivity index (χ0) is 21.2. The summed E-state index contributed by atoms with van der Waals surface area (Å²) in [5, 5.41) is 2.75. The molecule has 0 aliphatic rings. The molecule has 0 spiro atoms. The van der Waals surface area contributed by atoms with E-state index in [0.29, 0.717) is 30.5 Å². The number of hydrogen-bond acceptors (Lipinski definition) is 4. The van der Waals surface area contributed by atoms with E-state index in [1.165, 1.54) is 6.07 Å². The molecule has 2 aromatic carbocycles. The Kier molecular flexibility index (Phi) is 8.80. The van der Waals surface area contributed by atoms with Crippen LogP contribution in [0.4, 0.5) is 4.39 Å². The third kappa shape index (κ3) is 6.39.